The summed E-state index contributed by atoms with van der Waals surface area (Å²) in [6, 6.07) is 7.11. The van der Waals surface area contributed by atoms with Crippen molar-refractivity contribution < 1.29 is 14.6 Å². The fourth-order valence-corrected chi connectivity index (χ4v) is 1.99. The lowest BCUT2D eigenvalue weighted by Gasteiger charge is -2.00. The molecule has 0 fully saturated rings. The zero-order valence-corrected chi connectivity index (χ0v) is 11.2. The number of aliphatic hydroxyl groups is 1. The molecule has 0 bridgehead atoms. The number of benzene rings is 1. The number of carbonyl (C=O) groups is 1. The van der Waals surface area contributed by atoms with Crippen molar-refractivity contribution in [2.24, 2.45) is 4.99 Å². The first-order valence-electron chi connectivity index (χ1n) is 5.58. The number of methoxy groups -OCH3 is 1. The van der Waals surface area contributed by atoms with Crippen LogP contribution in [0.5, 0.6) is 0 Å². The average Bonchev–Trinajstić information content (AvgIpc) is 2.64. The van der Waals surface area contributed by atoms with Crippen LogP contribution in [-0.2, 0) is 9.53 Å². The van der Waals surface area contributed by atoms with Crippen LogP contribution in [0.1, 0.15) is 12.5 Å². The summed E-state index contributed by atoms with van der Waals surface area (Å²) in [6.07, 6.45) is 1.65. The first-order valence-corrected chi connectivity index (χ1v) is 5.95. The summed E-state index contributed by atoms with van der Waals surface area (Å²) in [7, 11) is 1.26. The molecule has 98 valence electrons. The van der Waals surface area contributed by atoms with E-state index in [1.54, 1.807) is 31.2 Å². The fraction of sp³-hybridized carbons (Fsp3) is 0.143. The first-order chi connectivity index (χ1) is 9.02. The van der Waals surface area contributed by atoms with E-state index in [1.165, 1.54) is 7.11 Å². The maximum atomic E-state index is 11.5. The number of ether oxygens (including phenoxy) is 1. The van der Waals surface area contributed by atoms with Gasteiger partial charge in [-0.15, -0.1) is 0 Å². The lowest BCUT2D eigenvalue weighted by Crippen LogP contribution is -2.11. The molecule has 1 heterocycles. The topological polar surface area (TPSA) is 58.9 Å². The normalized spacial score (nSPS) is 16.8. The summed E-state index contributed by atoms with van der Waals surface area (Å²) in [4.78, 5) is 15.7. The number of aliphatic hydroxyl groups excluding tert-OH is 1. The molecule has 0 saturated heterocycles. The van der Waals surface area contributed by atoms with Crippen LogP contribution in [0, 0.1) is 0 Å². The van der Waals surface area contributed by atoms with Gasteiger partial charge >= 0.3 is 5.97 Å². The first kappa shape index (κ1) is 13.4. The molecule has 0 unspecified atom stereocenters. The molecule has 0 saturated carbocycles. The number of aliphatic imine (C=N–C) groups is 1. The van der Waals surface area contributed by atoms with Gasteiger partial charge in [0.1, 0.15) is 11.3 Å². The van der Waals surface area contributed by atoms with Crippen molar-refractivity contribution >= 4 is 29.4 Å². The Morgan fingerprint density at radius 2 is 2.21 bits per heavy atom. The van der Waals surface area contributed by atoms with Gasteiger partial charge in [0.25, 0.3) is 0 Å². The lowest BCUT2D eigenvalue weighted by atomic mass is 10.1. The van der Waals surface area contributed by atoms with Crippen LogP contribution in [0.15, 0.2) is 46.3 Å². The van der Waals surface area contributed by atoms with Crippen molar-refractivity contribution in [1.29, 1.82) is 0 Å². The summed E-state index contributed by atoms with van der Waals surface area (Å²) < 4.78 is 4.61. The standard InChI is InChI=1S/C14H12ClNO3/c1-8-12(14(18)19-2)13(17)11(16-8)7-9-4-3-5-10(15)6-9/h3-7,17H,1-2H3. The van der Waals surface area contributed by atoms with E-state index in [4.69, 9.17) is 11.6 Å². The third-order valence-corrected chi connectivity index (χ3v) is 2.91. The van der Waals surface area contributed by atoms with Gasteiger partial charge in [-0.25, -0.2) is 9.79 Å². The number of halogens is 1. The van der Waals surface area contributed by atoms with Crippen molar-refractivity contribution in [2.75, 3.05) is 7.11 Å². The van der Waals surface area contributed by atoms with Crippen molar-refractivity contribution in [3.8, 4) is 0 Å². The molecule has 5 heteroatoms. The highest BCUT2D eigenvalue weighted by molar-refractivity contribution is 6.30. The van der Waals surface area contributed by atoms with Crippen LogP contribution < -0.4 is 0 Å². The molecular formula is C14H12ClNO3. The molecule has 0 atom stereocenters. The van der Waals surface area contributed by atoms with Crippen molar-refractivity contribution in [3.63, 3.8) is 0 Å². The smallest absolute Gasteiger partial charge is 0.343 e. The minimum atomic E-state index is -0.603. The van der Waals surface area contributed by atoms with Crippen molar-refractivity contribution in [2.45, 2.75) is 6.92 Å². The van der Waals surface area contributed by atoms with Crippen LogP contribution >= 0.6 is 11.6 Å². The van der Waals surface area contributed by atoms with Gasteiger partial charge < -0.3 is 9.84 Å². The highest BCUT2D eigenvalue weighted by Crippen LogP contribution is 2.26. The molecule has 4 nitrogen and oxygen atoms in total. The van der Waals surface area contributed by atoms with Gasteiger partial charge in [0.2, 0.25) is 0 Å². The number of hydrogen-bond donors (Lipinski definition) is 1. The summed E-state index contributed by atoms with van der Waals surface area (Å²) in [6.45, 7) is 1.64. The largest absolute Gasteiger partial charge is 0.505 e. The van der Waals surface area contributed by atoms with Crippen LogP contribution in [0.3, 0.4) is 0 Å². The molecule has 0 aliphatic carbocycles. The second-order valence-corrected chi connectivity index (χ2v) is 4.43. The molecule has 1 aromatic carbocycles. The van der Waals surface area contributed by atoms with E-state index >= 15 is 0 Å². The molecule has 0 amide bonds. The van der Waals surface area contributed by atoms with E-state index in [0.717, 1.165) is 5.56 Å². The maximum absolute atomic E-state index is 11.5. The number of rotatable bonds is 2. The number of nitrogens with zero attached hydrogens (tertiary/aromatic N) is 1. The quantitative estimate of drug-likeness (QED) is 0.845. The molecule has 19 heavy (non-hydrogen) atoms. The van der Waals surface area contributed by atoms with E-state index in [-0.39, 0.29) is 11.3 Å². The summed E-state index contributed by atoms with van der Waals surface area (Å²) in [5.74, 6) is -0.780. The molecule has 2 rings (SSSR count). The van der Waals surface area contributed by atoms with Crippen molar-refractivity contribution in [3.05, 3.63) is 51.9 Å². The minimum Gasteiger partial charge on any atom is -0.505 e. The summed E-state index contributed by atoms with van der Waals surface area (Å²) in [5, 5.41) is 10.6. The highest BCUT2D eigenvalue weighted by Gasteiger charge is 2.27. The van der Waals surface area contributed by atoms with Crippen LogP contribution in [-0.4, -0.2) is 23.9 Å². The molecule has 0 aromatic heterocycles. The third kappa shape index (κ3) is 2.69. The zero-order valence-electron chi connectivity index (χ0n) is 10.5. The molecule has 1 N–H and O–H groups in total. The second kappa shape index (κ2) is 5.28. The van der Waals surface area contributed by atoms with Crippen LogP contribution in [0.4, 0.5) is 0 Å². The van der Waals surface area contributed by atoms with Gasteiger partial charge in [-0.3, -0.25) is 0 Å². The van der Waals surface area contributed by atoms with Gasteiger partial charge in [0.05, 0.1) is 12.8 Å². The van der Waals surface area contributed by atoms with Crippen molar-refractivity contribution in [1.82, 2.24) is 0 Å². The molecule has 1 aliphatic rings. The zero-order chi connectivity index (χ0) is 14.0. The van der Waals surface area contributed by atoms with Gasteiger partial charge in [0, 0.05) is 5.02 Å². The number of carbonyl (C=O) groups excluding carboxylic acids is 1. The highest BCUT2D eigenvalue weighted by atomic mass is 35.5. The Bertz CT molecular complexity index is 629. The lowest BCUT2D eigenvalue weighted by molar-refractivity contribution is -0.135. The van der Waals surface area contributed by atoms with Crippen LogP contribution in [0.25, 0.3) is 6.08 Å². The Hall–Kier alpha value is -2.07. The monoisotopic (exact) mass is 277 g/mol. The van der Waals surface area contributed by atoms with Gasteiger partial charge in [-0.1, -0.05) is 23.7 Å². The SMILES string of the molecule is COC(=O)C1=C(O)C(=Cc2cccc(Cl)c2)N=C1C. The van der Waals surface area contributed by atoms with Gasteiger partial charge in [-0.2, -0.15) is 0 Å². The Labute approximate surface area is 115 Å². The Morgan fingerprint density at radius 1 is 1.47 bits per heavy atom. The van der Waals surface area contributed by atoms with E-state index in [1.807, 2.05) is 6.07 Å². The van der Waals surface area contributed by atoms with E-state index < -0.39 is 5.97 Å². The summed E-state index contributed by atoms with van der Waals surface area (Å²) in [5.41, 5.74) is 1.63. The summed E-state index contributed by atoms with van der Waals surface area (Å²) >= 11 is 5.88. The average molecular weight is 278 g/mol. The minimum absolute atomic E-state index is 0.0933. The van der Waals surface area contributed by atoms with Gasteiger partial charge in [-0.05, 0) is 30.7 Å². The van der Waals surface area contributed by atoms with E-state index in [2.05, 4.69) is 9.73 Å². The van der Waals surface area contributed by atoms with E-state index in [9.17, 15) is 9.90 Å². The number of esters is 1. The molecule has 0 radical (unpaired) electrons. The maximum Gasteiger partial charge on any atom is 0.343 e. The molecule has 1 aromatic rings. The molecular weight excluding hydrogens is 266 g/mol. The fourth-order valence-electron chi connectivity index (χ4n) is 1.79. The second-order valence-electron chi connectivity index (χ2n) is 4.00. The number of hydrogen-bond acceptors (Lipinski definition) is 4. The van der Waals surface area contributed by atoms with Gasteiger partial charge in [0.15, 0.2) is 5.76 Å². The molecule has 0 spiro atoms. The van der Waals surface area contributed by atoms with E-state index in [0.29, 0.717) is 16.4 Å². The predicted octanol–water partition coefficient (Wildman–Crippen LogP) is 3.14. The Balaban J connectivity index is 2.43. The molecule has 1 aliphatic heterocycles. The third-order valence-electron chi connectivity index (χ3n) is 2.67. The Kier molecular flexibility index (Phi) is 3.71. The van der Waals surface area contributed by atoms with Crippen LogP contribution in [0.2, 0.25) is 5.02 Å². The predicted molar refractivity (Wildman–Crippen MR) is 74.2 cm³/mol. The Morgan fingerprint density at radius 3 is 2.84 bits per heavy atom.